The first-order chi connectivity index (χ1) is 12.6. The summed E-state index contributed by atoms with van der Waals surface area (Å²) in [5, 5.41) is 3.95. The van der Waals surface area contributed by atoms with Gasteiger partial charge < -0.3 is 5.32 Å². The van der Waals surface area contributed by atoms with Crippen molar-refractivity contribution < 1.29 is 8.42 Å². The lowest BCUT2D eigenvalue weighted by atomic mass is 10.1. The van der Waals surface area contributed by atoms with Crippen molar-refractivity contribution in [3.63, 3.8) is 0 Å². The highest BCUT2D eigenvalue weighted by Gasteiger charge is 2.35. The number of nitrogens with one attached hydrogen (secondary N) is 1. The molecule has 3 aromatic rings. The van der Waals surface area contributed by atoms with Gasteiger partial charge in [0.15, 0.2) is 0 Å². The molecule has 134 valence electrons. The van der Waals surface area contributed by atoms with E-state index >= 15 is 0 Å². The van der Waals surface area contributed by atoms with E-state index in [-0.39, 0.29) is 6.04 Å². The zero-order chi connectivity index (χ0) is 18.1. The molecule has 0 spiro atoms. The van der Waals surface area contributed by atoms with Gasteiger partial charge in [-0.15, -0.1) is 0 Å². The molecule has 1 aliphatic heterocycles. The first kappa shape index (κ1) is 17.1. The van der Waals surface area contributed by atoms with Crippen LogP contribution >= 0.6 is 0 Å². The Hall–Kier alpha value is -2.35. The Labute approximate surface area is 152 Å². The molecule has 2 aromatic heterocycles. The second kappa shape index (κ2) is 6.75. The summed E-state index contributed by atoms with van der Waals surface area (Å²) in [5.74, 6) is 0. The van der Waals surface area contributed by atoms with Crippen LogP contribution in [-0.2, 0) is 10.0 Å². The van der Waals surface area contributed by atoms with Gasteiger partial charge in [-0.25, -0.2) is 8.42 Å². The quantitative estimate of drug-likeness (QED) is 0.768. The molecule has 4 rings (SSSR count). The van der Waals surface area contributed by atoms with Crippen LogP contribution in [0.1, 0.15) is 17.2 Å². The Morgan fingerprint density at radius 1 is 1.15 bits per heavy atom. The van der Waals surface area contributed by atoms with Gasteiger partial charge in [0, 0.05) is 43.6 Å². The van der Waals surface area contributed by atoms with Gasteiger partial charge in [0.1, 0.15) is 0 Å². The predicted octanol–water partition coefficient (Wildman–Crippen LogP) is 2.27. The molecule has 6 nitrogen and oxygen atoms in total. The van der Waals surface area contributed by atoms with Gasteiger partial charge in [-0.2, -0.15) is 4.31 Å². The monoisotopic (exact) mass is 368 g/mol. The third kappa shape index (κ3) is 2.88. The standard InChI is InChI=1S/C19H20N4O2S/c1-14-6-7-18(16-5-3-9-22-19(14)16)26(24,25)23-11-10-21-13-17(23)15-4-2-8-20-12-15/h2-9,12,17,21H,10-11,13H2,1H3. The van der Waals surface area contributed by atoms with E-state index in [9.17, 15) is 8.42 Å². The van der Waals surface area contributed by atoms with Crippen LogP contribution in [0.2, 0.25) is 0 Å². The molecule has 1 saturated heterocycles. The van der Waals surface area contributed by atoms with E-state index in [4.69, 9.17) is 0 Å². The highest BCUT2D eigenvalue weighted by Crippen LogP contribution is 2.32. The minimum atomic E-state index is -3.68. The Kier molecular flexibility index (Phi) is 4.44. The lowest BCUT2D eigenvalue weighted by Gasteiger charge is -2.35. The maximum Gasteiger partial charge on any atom is 0.244 e. The molecule has 0 aliphatic carbocycles. The Balaban J connectivity index is 1.84. The van der Waals surface area contributed by atoms with E-state index in [1.807, 2.05) is 31.2 Å². The molecule has 0 radical (unpaired) electrons. The van der Waals surface area contributed by atoms with E-state index in [2.05, 4.69) is 15.3 Å². The smallest absolute Gasteiger partial charge is 0.244 e. The first-order valence-corrected chi connectivity index (χ1v) is 10.00. The number of aryl methyl sites for hydroxylation is 1. The first-order valence-electron chi connectivity index (χ1n) is 8.56. The van der Waals surface area contributed by atoms with Crippen LogP contribution in [-0.4, -0.2) is 42.3 Å². The third-order valence-corrected chi connectivity index (χ3v) is 6.75. The molecule has 0 amide bonds. The number of aromatic nitrogens is 2. The third-order valence-electron chi connectivity index (χ3n) is 4.78. The maximum absolute atomic E-state index is 13.5. The molecule has 26 heavy (non-hydrogen) atoms. The summed E-state index contributed by atoms with van der Waals surface area (Å²) in [6, 6.07) is 10.6. The zero-order valence-electron chi connectivity index (χ0n) is 14.5. The lowest BCUT2D eigenvalue weighted by Crippen LogP contribution is -2.48. The van der Waals surface area contributed by atoms with Crippen LogP contribution in [0.5, 0.6) is 0 Å². The van der Waals surface area contributed by atoms with Crippen molar-refractivity contribution in [1.82, 2.24) is 19.6 Å². The molecule has 3 heterocycles. The highest BCUT2D eigenvalue weighted by atomic mass is 32.2. The fraction of sp³-hybridized carbons (Fsp3) is 0.263. The summed E-state index contributed by atoms with van der Waals surface area (Å²) in [5.41, 5.74) is 2.57. The Morgan fingerprint density at radius 2 is 2.00 bits per heavy atom. The fourth-order valence-electron chi connectivity index (χ4n) is 3.47. The minimum Gasteiger partial charge on any atom is -0.313 e. The van der Waals surface area contributed by atoms with Gasteiger partial charge >= 0.3 is 0 Å². The maximum atomic E-state index is 13.5. The van der Waals surface area contributed by atoms with Crippen molar-refractivity contribution in [2.45, 2.75) is 17.9 Å². The molecule has 7 heteroatoms. The van der Waals surface area contributed by atoms with Crippen molar-refractivity contribution >= 4 is 20.9 Å². The van der Waals surface area contributed by atoms with E-state index in [1.54, 1.807) is 35.0 Å². The molecular weight excluding hydrogens is 348 g/mol. The molecule has 1 N–H and O–H groups in total. The summed E-state index contributed by atoms with van der Waals surface area (Å²) in [6.07, 6.45) is 5.11. The molecule has 1 aliphatic rings. The SMILES string of the molecule is Cc1ccc(S(=O)(=O)N2CCNCC2c2cccnc2)c2cccnc12. The van der Waals surface area contributed by atoms with Crippen LogP contribution in [0.4, 0.5) is 0 Å². The van der Waals surface area contributed by atoms with Gasteiger partial charge in [-0.1, -0.05) is 12.1 Å². The molecular formula is C19H20N4O2S. The zero-order valence-corrected chi connectivity index (χ0v) is 15.3. The van der Waals surface area contributed by atoms with Crippen LogP contribution in [0, 0.1) is 6.92 Å². The predicted molar refractivity (Wildman–Crippen MR) is 100 cm³/mol. The number of piperazine rings is 1. The number of hydrogen-bond donors (Lipinski definition) is 1. The lowest BCUT2D eigenvalue weighted by molar-refractivity contribution is 0.271. The van der Waals surface area contributed by atoms with Crippen LogP contribution < -0.4 is 5.32 Å². The van der Waals surface area contributed by atoms with E-state index in [1.165, 1.54) is 0 Å². The van der Waals surface area contributed by atoms with Gasteiger partial charge in [-0.3, -0.25) is 9.97 Å². The van der Waals surface area contributed by atoms with Gasteiger partial charge in [0.05, 0.1) is 16.5 Å². The number of pyridine rings is 2. The molecule has 1 aromatic carbocycles. The van der Waals surface area contributed by atoms with Crippen LogP contribution in [0.3, 0.4) is 0 Å². The summed E-state index contributed by atoms with van der Waals surface area (Å²) >= 11 is 0. The van der Waals surface area contributed by atoms with Crippen LogP contribution in [0.15, 0.2) is 59.9 Å². The summed E-state index contributed by atoms with van der Waals surface area (Å²) in [7, 11) is -3.68. The Bertz CT molecular complexity index is 1040. The fourth-order valence-corrected chi connectivity index (χ4v) is 5.27. The molecule has 1 fully saturated rings. The average Bonchev–Trinajstić information content (AvgIpc) is 2.69. The van der Waals surface area contributed by atoms with E-state index in [0.717, 1.165) is 16.6 Å². The largest absolute Gasteiger partial charge is 0.313 e. The summed E-state index contributed by atoms with van der Waals surface area (Å²) in [6.45, 7) is 3.54. The number of sulfonamides is 1. The summed E-state index contributed by atoms with van der Waals surface area (Å²) < 4.78 is 28.7. The molecule has 0 bridgehead atoms. The van der Waals surface area contributed by atoms with Crippen molar-refractivity contribution in [3.05, 3.63) is 66.1 Å². The van der Waals surface area contributed by atoms with Crippen molar-refractivity contribution in [2.75, 3.05) is 19.6 Å². The number of fused-ring (bicyclic) bond motifs is 1. The van der Waals surface area contributed by atoms with E-state index < -0.39 is 10.0 Å². The minimum absolute atomic E-state index is 0.282. The number of rotatable bonds is 3. The van der Waals surface area contributed by atoms with Gasteiger partial charge in [-0.05, 0) is 42.3 Å². The molecule has 1 atom stereocenters. The Morgan fingerprint density at radius 3 is 2.81 bits per heavy atom. The topological polar surface area (TPSA) is 75.2 Å². The molecule has 0 saturated carbocycles. The average molecular weight is 368 g/mol. The second-order valence-corrected chi connectivity index (χ2v) is 8.26. The number of nitrogens with zero attached hydrogens (tertiary/aromatic N) is 3. The number of benzene rings is 1. The van der Waals surface area contributed by atoms with E-state index in [0.29, 0.717) is 29.9 Å². The molecule has 1 unspecified atom stereocenters. The second-order valence-electron chi connectivity index (χ2n) is 6.40. The van der Waals surface area contributed by atoms with Crippen LogP contribution in [0.25, 0.3) is 10.9 Å². The van der Waals surface area contributed by atoms with Gasteiger partial charge in [0.25, 0.3) is 0 Å². The van der Waals surface area contributed by atoms with Gasteiger partial charge in [0.2, 0.25) is 10.0 Å². The normalized spacial score (nSPS) is 18.9. The van der Waals surface area contributed by atoms with Crippen molar-refractivity contribution in [1.29, 1.82) is 0 Å². The summed E-state index contributed by atoms with van der Waals surface area (Å²) in [4.78, 5) is 8.83. The van der Waals surface area contributed by atoms with Crippen molar-refractivity contribution in [3.8, 4) is 0 Å². The highest BCUT2D eigenvalue weighted by molar-refractivity contribution is 7.89. The van der Waals surface area contributed by atoms with Crippen molar-refractivity contribution in [2.24, 2.45) is 0 Å². The number of hydrogen-bond acceptors (Lipinski definition) is 5.